The first kappa shape index (κ1) is 20.9. The van der Waals surface area contributed by atoms with Crippen molar-refractivity contribution in [3.63, 3.8) is 0 Å². The fourth-order valence-electron chi connectivity index (χ4n) is 2.58. The molecule has 0 bridgehead atoms. The fraction of sp³-hybridized carbons (Fsp3) is 0.389. The number of halogens is 1. The highest BCUT2D eigenvalue weighted by molar-refractivity contribution is 5.75. The number of hydrogen-bond donors (Lipinski definition) is 3. The van der Waals surface area contributed by atoms with E-state index in [4.69, 9.17) is 14.2 Å². The van der Waals surface area contributed by atoms with Crippen molar-refractivity contribution in [1.29, 1.82) is 0 Å². The maximum atomic E-state index is 13.9. The Kier molecular flexibility index (Phi) is 6.54. The van der Waals surface area contributed by atoms with Gasteiger partial charge in [-0.25, -0.2) is 9.78 Å². The van der Waals surface area contributed by atoms with E-state index in [9.17, 15) is 24.5 Å². The Morgan fingerprint density at radius 3 is 2.59 bits per heavy atom. The van der Waals surface area contributed by atoms with Crippen LogP contribution in [0.5, 0.6) is 11.9 Å². The summed E-state index contributed by atoms with van der Waals surface area (Å²) >= 11 is 0. The lowest BCUT2D eigenvalue weighted by Crippen LogP contribution is -2.61. The maximum absolute atomic E-state index is 13.9. The average Bonchev–Trinajstić information content (AvgIpc) is 2.74. The van der Waals surface area contributed by atoms with Crippen LogP contribution in [0.2, 0.25) is 0 Å². The van der Waals surface area contributed by atoms with Gasteiger partial charge in [-0.05, 0) is 5.56 Å². The lowest BCUT2D eigenvalue weighted by molar-refractivity contribution is -0.273. The SMILES string of the molecule is COC(=O)[C@H]1O[C@@H](Oc2ncc(F)c(OCc3ccccc3)n2)[C@H](O)[C@@H](O)[C@@H]1O. The molecule has 0 spiro atoms. The van der Waals surface area contributed by atoms with Crippen molar-refractivity contribution < 1.29 is 43.5 Å². The summed E-state index contributed by atoms with van der Waals surface area (Å²) in [5, 5.41) is 29.8. The molecule has 0 saturated carbocycles. The number of carbonyl (C=O) groups is 1. The lowest BCUT2D eigenvalue weighted by Gasteiger charge is -2.38. The molecule has 1 aliphatic heterocycles. The van der Waals surface area contributed by atoms with Gasteiger partial charge >= 0.3 is 12.0 Å². The zero-order chi connectivity index (χ0) is 21.0. The first-order valence-corrected chi connectivity index (χ1v) is 8.54. The Hall–Kier alpha value is -2.86. The molecule has 1 aromatic carbocycles. The molecular formula is C18H19FN2O8. The van der Waals surface area contributed by atoms with Crippen LogP contribution in [0.4, 0.5) is 4.39 Å². The number of hydrogen-bond acceptors (Lipinski definition) is 10. The summed E-state index contributed by atoms with van der Waals surface area (Å²) in [7, 11) is 1.06. The highest BCUT2D eigenvalue weighted by Crippen LogP contribution is 2.25. The molecule has 3 rings (SSSR count). The zero-order valence-electron chi connectivity index (χ0n) is 15.2. The van der Waals surface area contributed by atoms with Crippen molar-refractivity contribution in [3.05, 3.63) is 47.9 Å². The van der Waals surface area contributed by atoms with E-state index < -0.39 is 54.4 Å². The van der Waals surface area contributed by atoms with Gasteiger partial charge < -0.3 is 34.3 Å². The Labute approximate surface area is 164 Å². The van der Waals surface area contributed by atoms with Crippen molar-refractivity contribution in [2.75, 3.05) is 7.11 Å². The number of methoxy groups -OCH3 is 1. The minimum absolute atomic E-state index is 0.0338. The fourth-order valence-corrected chi connectivity index (χ4v) is 2.58. The minimum Gasteiger partial charge on any atom is -0.471 e. The first-order chi connectivity index (χ1) is 13.9. The number of aliphatic hydroxyl groups excluding tert-OH is 3. The zero-order valence-corrected chi connectivity index (χ0v) is 15.2. The van der Waals surface area contributed by atoms with E-state index in [0.29, 0.717) is 0 Å². The van der Waals surface area contributed by atoms with E-state index in [1.165, 1.54) is 0 Å². The van der Waals surface area contributed by atoms with Crippen molar-refractivity contribution >= 4 is 5.97 Å². The molecule has 10 nitrogen and oxygen atoms in total. The highest BCUT2D eigenvalue weighted by Gasteiger charge is 2.48. The normalized spacial score (nSPS) is 26.6. The van der Waals surface area contributed by atoms with Crippen molar-refractivity contribution in [3.8, 4) is 11.9 Å². The summed E-state index contributed by atoms with van der Waals surface area (Å²) in [5.41, 5.74) is 0.775. The van der Waals surface area contributed by atoms with Gasteiger partial charge in [-0.1, -0.05) is 30.3 Å². The van der Waals surface area contributed by atoms with E-state index in [-0.39, 0.29) is 6.61 Å². The molecule has 2 aromatic rings. The second-order valence-corrected chi connectivity index (χ2v) is 6.12. The molecule has 156 valence electrons. The molecule has 2 heterocycles. The minimum atomic E-state index is -1.77. The van der Waals surface area contributed by atoms with Gasteiger partial charge in [-0.3, -0.25) is 0 Å². The van der Waals surface area contributed by atoms with Crippen LogP contribution in [0.1, 0.15) is 5.56 Å². The van der Waals surface area contributed by atoms with Gasteiger partial charge in [0.2, 0.25) is 12.1 Å². The molecule has 1 saturated heterocycles. The summed E-state index contributed by atoms with van der Waals surface area (Å²) in [6.45, 7) is 0.0338. The van der Waals surface area contributed by atoms with Crippen LogP contribution >= 0.6 is 0 Å². The van der Waals surface area contributed by atoms with Crippen molar-refractivity contribution in [2.45, 2.75) is 37.3 Å². The molecular weight excluding hydrogens is 391 g/mol. The third kappa shape index (κ3) is 4.77. The smallest absolute Gasteiger partial charge is 0.337 e. The molecule has 29 heavy (non-hydrogen) atoms. The third-order valence-electron chi connectivity index (χ3n) is 4.13. The monoisotopic (exact) mass is 410 g/mol. The molecule has 0 aliphatic carbocycles. The molecule has 1 fully saturated rings. The van der Waals surface area contributed by atoms with Gasteiger partial charge in [0.25, 0.3) is 5.88 Å². The number of nitrogens with zero attached hydrogens (tertiary/aromatic N) is 2. The Balaban J connectivity index is 1.72. The molecule has 1 aromatic heterocycles. The maximum Gasteiger partial charge on any atom is 0.337 e. The Morgan fingerprint density at radius 2 is 1.90 bits per heavy atom. The van der Waals surface area contributed by atoms with E-state index >= 15 is 0 Å². The number of aromatic nitrogens is 2. The highest BCUT2D eigenvalue weighted by atomic mass is 19.1. The van der Waals surface area contributed by atoms with Crippen LogP contribution in [-0.4, -0.2) is 69.1 Å². The molecule has 3 N–H and O–H groups in total. The van der Waals surface area contributed by atoms with Gasteiger partial charge in [0.15, 0.2) is 6.10 Å². The molecule has 0 radical (unpaired) electrons. The number of ether oxygens (including phenoxy) is 4. The summed E-state index contributed by atoms with van der Waals surface area (Å²) in [6.07, 6.45) is -7.71. The van der Waals surface area contributed by atoms with Gasteiger partial charge in [0.1, 0.15) is 24.9 Å². The van der Waals surface area contributed by atoms with Crippen LogP contribution < -0.4 is 9.47 Å². The number of carbonyl (C=O) groups excluding carboxylic acids is 1. The third-order valence-corrected chi connectivity index (χ3v) is 4.13. The largest absolute Gasteiger partial charge is 0.471 e. The van der Waals surface area contributed by atoms with E-state index in [1.807, 2.05) is 6.07 Å². The van der Waals surface area contributed by atoms with Gasteiger partial charge in [0.05, 0.1) is 13.3 Å². The van der Waals surface area contributed by atoms with Crippen LogP contribution in [0.25, 0.3) is 0 Å². The van der Waals surface area contributed by atoms with Crippen molar-refractivity contribution in [1.82, 2.24) is 9.97 Å². The second kappa shape index (κ2) is 9.09. The quantitative estimate of drug-likeness (QED) is 0.537. The Morgan fingerprint density at radius 1 is 1.17 bits per heavy atom. The second-order valence-electron chi connectivity index (χ2n) is 6.12. The lowest BCUT2D eigenvalue weighted by atomic mass is 9.99. The molecule has 11 heteroatoms. The van der Waals surface area contributed by atoms with E-state index in [2.05, 4.69) is 14.7 Å². The van der Waals surface area contributed by atoms with Gasteiger partial charge in [-0.2, -0.15) is 9.37 Å². The number of rotatable bonds is 6. The Bertz CT molecular complexity index is 840. The average molecular weight is 410 g/mol. The number of esters is 1. The summed E-state index contributed by atoms with van der Waals surface area (Å²) in [6, 6.07) is 8.53. The van der Waals surface area contributed by atoms with Crippen LogP contribution in [0, 0.1) is 5.82 Å². The van der Waals surface area contributed by atoms with E-state index in [0.717, 1.165) is 18.9 Å². The van der Waals surface area contributed by atoms with Crippen molar-refractivity contribution in [2.24, 2.45) is 0 Å². The molecule has 0 amide bonds. The van der Waals surface area contributed by atoms with Crippen LogP contribution in [0.15, 0.2) is 36.5 Å². The number of aliphatic hydroxyl groups is 3. The van der Waals surface area contributed by atoms with Gasteiger partial charge in [0, 0.05) is 0 Å². The predicted octanol–water partition coefficient (Wildman–Crippen LogP) is -0.446. The van der Waals surface area contributed by atoms with E-state index in [1.54, 1.807) is 24.3 Å². The van der Waals surface area contributed by atoms with Crippen LogP contribution in [0.3, 0.4) is 0 Å². The summed E-state index contributed by atoms with van der Waals surface area (Å²) < 4.78 is 34.1. The summed E-state index contributed by atoms with van der Waals surface area (Å²) in [4.78, 5) is 19.1. The number of benzene rings is 1. The molecule has 0 unspecified atom stereocenters. The first-order valence-electron chi connectivity index (χ1n) is 8.54. The molecule has 1 aliphatic rings. The standard InChI is InChI=1S/C18H19FN2O8/c1-26-16(25)14-12(23)11(22)13(24)17(28-14)29-18-20-7-10(19)15(21-18)27-8-9-5-3-2-4-6-9/h2-7,11-14,17,22-24H,8H2,1H3/t11-,12-,13+,14-,17-/m0/s1. The summed E-state index contributed by atoms with van der Waals surface area (Å²) in [5.74, 6) is -2.24. The topological polar surface area (TPSA) is 140 Å². The predicted molar refractivity (Wildman–Crippen MR) is 92.1 cm³/mol. The van der Waals surface area contributed by atoms with Crippen LogP contribution in [-0.2, 0) is 20.9 Å². The van der Waals surface area contributed by atoms with Gasteiger partial charge in [-0.15, -0.1) is 0 Å². The molecule has 5 atom stereocenters.